The number of hydrogen-bond acceptors (Lipinski definition) is 7. The highest BCUT2D eigenvalue weighted by molar-refractivity contribution is 6.04. The molecule has 0 bridgehead atoms. The van der Waals surface area contributed by atoms with Gasteiger partial charge in [0.1, 0.15) is 34.4 Å². The standard InChI is InChI=1S/C27H23F4N7O3/c28-19-11-34-24(32)23-22(36-25(38(19)23)14-1-3-16-4-6-21(40)37(16)12-14)17-5-2-13(9-18(17)39)26(41)35-20-10-15(7-8-33-20)27(29,30)31/h2,5,7-11,14,16,39H,1,3-4,6,12H2,(H2,32,34)(H,33,35,41)/t14-,16+/m1/s1. The third-order valence-corrected chi connectivity index (χ3v) is 7.60. The Balaban J connectivity index is 1.34. The third kappa shape index (κ3) is 4.68. The number of phenols is 1. The topological polar surface area (TPSA) is 139 Å². The lowest BCUT2D eigenvalue weighted by atomic mass is 9.92. The number of amides is 2. The van der Waals surface area contributed by atoms with Crippen LogP contribution >= 0.6 is 0 Å². The van der Waals surface area contributed by atoms with Gasteiger partial charge in [-0.1, -0.05) is 0 Å². The monoisotopic (exact) mass is 569 g/mol. The van der Waals surface area contributed by atoms with Crippen LogP contribution in [0.1, 0.15) is 53.3 Å². The van der Waals surface area contributed by atoms with Gasteiger partial charge in [0.15, 0.2) is 0 Å². The van der Waals surface area contributed by atoms with Crippen molar-refractivity contribution < 1.29 is 32.3 Å². The highest BCUT2D eigenvalue weighted by Crippen LogP contribution is 2.40. The number of carbonyl (C=O) groups is 2. The van der Waals surface area contributed by atoms with Gasteiger partial charge in [-0.05, 0) is 49.6 Å². The van der Waals surface area contributed by atoms with Crippen LogP contribution in [0.25, 0.3) is 16.8 Å². The molecule has 4 N–H and O–H groups in total. The zero-order chi connectivity index (χ0) is 29.1. The fraction of sp³-hybridized carbons (Fsp3) is 0.296. The summed E-state index contributed by atoms with van der Waals surface area (Å²) in [5, 5.41) is 13.2. The van der Waals surface area contributed by atoms with E-state index in [0.717, 1.165) is 37.4 Å². The molecule has 4 aromatic rings. The van der Waals surface area contributed by atoms with E-state index >= 15 is 4.39 Å². The van der Waals surface area contributed by atoms with Crippen LogP contribution in [0.15, 0.2) is 42.7 Å². The lowest BCUT2D eigenvalue weighted by molar-refractivity contribution is -0.137. The van der Waals surface area contributed by atoms with Crippen molar-refractivity contribution in [3.63, 3.8) is 0 Å². The molecule has 3 aromatic heterocycles. The summed E-state index contributed by atoms with van der Waals surface area (Å²) in [5.74, 6) is -2.20. The number of imidazole rings is 1. The smallest absolute Gasteiger partial charge is 0.416 e. The molecule has 5 heterocycles. The zero-order valence-corrected chi connectivity index (χ0v) is 21.3. The van der Waals surface area contributed by atoms with Crippen LogP contribution in [0, 0.1) is 5.95 Å². The van der Waals surface area contributed by atoms with Crippen LogP contribution in [0.5, 0.6) is 5.75 Å². The number of halogens is 4. The number of fused-ring (bicyclic) bond motifs is 2. The maximum Gasteiger partial charge on any atom is 0.416 e. The summed E-state index contributed by atoms with van der Waals surface area (Å²) in [5.41, 5.74) is 5.46. The first-order valence-corrected chi connectivity index (χ1v) is 12.8. The van der Waals surface area contributed by atoms with Gasteiger partial charge in [0, 0.05) is 42.2 Å². The van der Waals surface area contributed by atoms with E-state index in [-0.39, 0.29) is 51.8 Å². The first-order valence-electron chi connectivity index (χ1n) is 12.8. The molecule has 1 aromatic carbocycles. The van der Waals surface area contributed by atoms with Gasteiger partial charge in [0.05, 0.1) is 11.8 Å². The first kappa shape index (κ1) is 26.5. The van der Waals surface area contributed by atoms with Crippen molar-refractivity contribution in [2.24, 2.45) is 0 Å². The molecule has 2 amide bonds. The van der Waals surface area contributed by atoms with Gasteiger partial charge in [-0.2, -0.15) is 17.6 Å². The van der Waals surface area contributed by atoms with Crippen molar-refractivity contribution in [3.05, 3.63) is 65.6 Å². The molecule has 2 fully saturated rings. The molecule has 0 spiro atoms. The Hall–Kier alpha value is -4.75. The number of alkyl halides is 3. The molecule has 2 atom stereocenters. The normalized spacial score (nSPS) is 19.0. The van der Waals surface area contributed by atoms with Crippen molar-refractivity contribution >= 4 is 29.0 Å². The lowest BCUT2D eigenvalue weighted by Gasteiger charge is -2.34. The van der Waals surface area contributed by atoms with Crippen molar-refractivity contribution in [1.29, 1.82) is 0 Å². The Morgan fingerprint density at radius 2 is 1.93 bits per heavy atom. The number of nitrogen functional groups attached to an aromatic ring is 1. The van der Waals surface area contributed by atoms with Gasteiger partial charge < -0.3 is 21.1 Å². The summed E-state index contributed by atoms with van der Waals surface area (Å²) in [6.45, 7) is 0.373. The Bertz CT molecular complexity index is 1700. The number of pyridine rings is 1. The number of nitrogens with two attached hydrogens (primary N) is 1. The van der Waals surface area contributed by atoms with E-state index in [1.807, 2.05) is 4.90 Å². The molecule has 10 nitrogen and oxygen atoms in total. The second-order valence-electron chi connectivity index (χ2n) is 10.1. The van der Waals surface area contributed by atoms with E-state index < -0.39 is 29.3 Å². The predicted octanol–water partition coefficient (Wildman–Crippen LogP) is 4.36. The highest BCUT2D eigenvalue weighted by Gasteiger charge is 2.39. The largest absolute Gasteiger partial charge is 0.507 e. The number of aromatic hydroxyl groups is 1. The molecule has 2 aliphatic rings. The number of piperidine rings is 1. The number of nitrogens with zero attached hydrogens (tertiary/aromatic N) is 5. The SMILES string of the molecule is Nc1ncc(F)n2c([C@@H]3CC[C@H]4CCC(=O)N4C3)nc(-c3ccc(C(=O)Nc4cc(C(F)(F)F)ccn4)cc3O)c12. The van der Waals surface area contributed by atoms with E-state index in [2.05, 4.69) is 20.3 Å². The maximum absolute atomic E-state index is 15.2. The number of nitrogens with one attached hydrogen (secondary N) is 1. The van der Waals surface area contributed by atoms with Gasteiger partial charge in [0.25, 0.3) is 5.91 Å². The van der Waals surface area contributed by atoms with Crippen molar-refractivity contribution in [2.75, 3.05) is 17.6 Å². The molecule has 2 aliphatic heterocycles. The number of benzene rings is 1. The van der Waals surface area contributed by atoms with E-state index in [9.17, 15) is 27.9 Å². The Kier molecular flexibility index (Phi) is 6.27. The van der Waals surface area contributed by atoms with E-state index in [4.69, 9.17) is 5.73 Å². The summed E-state index contributed by atoms with van der Waals surface area (Å²) >= 11 is 0. The Labute approximate surface area is 229 Å². The van der Waals surface area contributed by atoms with Gasteiger partial charge in [-0.3, -0.25) is 14.0 Å². The molecular weight excluding hydrogens is 546 g/mol. The Morgan fingerprint density at radius 3 is 2.68 bits per heavy atom. The lowest BCUT2D eigenvalue weighted by Crippen LogP contribution is -2.41. The number of aromatic nitrogens is 4. The second-order valence-corrected chi connectivity index (χ2v) is 10.1. The van der Waals surface area contributed by atoms with Crippen LogP contribution in [-0.4, -0.2) is 53.8 Å². The van der Waals surface area contributed by atoms with E-state index in [1.165, 1.54) is 16.5 Å². The van der Waals surface area contributed by atoms with Gasteiger partial charge in [-0.25, -0.2) is 15.0 Å². The third-order valence-electron chi connectivity index (χ3n) is 7.60. The fourth-order valence-electron chi connectivity index (χ4n) is 5.61. The van der Waals surface area contributed by atoms with Crippen LogP contribution in [0.3, 0.4) is 0 Å². The molecule has 14 heteroatoms. The average Bonchev–Trinajstić information content (AvgIpc) is 3.52. The Morgan fingerprint density at radius 1 is 1.12 bits per heavy atom. The fourth-order valence-corrected chi connectivity index (χ4v) is 5.61. The minimum Gasteiger partial charge on any atom is -0.507 e. The molecule has 6 rings (SSSR count). The second kappa shape index (κ2) is 9.71. The van der Waals surface area contributed by atoms with E-state index in [0.29, 0.717) is 31.3 Å². The van der Waals surface area contributed by atoms with Crippen LogP contribution in [0.4, 0.5) is 29.2 Å². The first-order chi connectivity index (χ1) is 19.5. The van der Waals surface area contributed by atoms with Crippen LogP contribution < -0.4 is 11.1 Å². The van der Waals surface area contributed by atoms with Crippen molar-refractivity contribution in [3.8, 4) is 17.0 Å². The summed E-state index contributed by atoms with van der Waals surface area (Å²) in [4.78, 5) is 39.2. The minimum absolute atomic E-state index is 0.0390. The average molecular weight is 570 g/mol. The molecule has 2 saturated heterocycles. The minimum atomic E-state index is -4.62. The van der Waals surface area contributed by atoms with Crippen LogP contribution in [0.2, 0.25) is 0 Å². The summed E-state index contributed by atoms with van der Waals surface area (Å²) in [7, 11) is 0. The number of phenolic OH excluding ortho intramolecular Hbond substituents is 1. The van der Waals surface area contributed by atoms with Crippen molar-refractivity contribution in [2.45, 2.75) is 43.8 Å². The highest BCUT2D eigenvalue weighted by atomic mass is 19.4. The van der Waals surface area contributed by atoms with Crippen LogP contribution in [-0.2, 0) is 11.0 Å². The predicted molar refractivity (Wildman–Crippen MR) is 138 cm³/mol. The molecule has 0 saturated carbocycles. The maximum atomic E-state index is 15.2. The number of carbonyl (C=O) groups excluding carboxylic acids is 2. The van der Waals surface area contributed by atoms with Crippen molar-refractivity contribution in [1.82, 2.24) is 24.3 Å². The number of rotatable bonds is 4. The molecule has 0 radical (unpaired) electrons. The number of hydrogen-bond donors (Lipinski definition) is 3. The number of anilines is 2. The summed E-state index contributed by atoms with van der Waals surface area (Å²) in [6, 6.07) is 5.45. The van der Waals surface area contributed by atoms with Gasteiger partial charge in [-0.15, -0.1) is 0 Å². The molecule has 41 heavy (non-hydrogen) atoms. The zero-order valence-electron chi connectivity index (χ0n) is 21.3. The summed E-state index contributed by atoms with van der Waals surface area (Å²) < 4.78 is 55.4. The molecule has 0 aliphatic carbocycles. The molecule has 0 unspecified atom stereocenters. The summed E-state index contributed by atoms with van der Waals surface area (Å²) in [6.07, 6.45) is -0.0328. The van der Waals surface area contributed by atoms with Gasteiger partial charge >= 0.3 is 6.18 Å². The quantitative estimate of drug-likeness (QED) is 0.311. The molecule has 212 valence electrons. The van der Waals surface area contributed by atoms with Gasteiger partial charge in [0.2, 0.25) is 11.9 Å². The van der Waals surface area contributed by atoms with E-state index in [1.54, 1.807) is 0 Å². The molecular formula is C27H23F4N7O3.